The number of aromatic amines is 1. The number of H-pyrrole nitrogens is 1. The lowest BCUT2D eigenvalue weighted by atomic mass is 10.0. The number of nitrogens with one attached hydrogen (secondary N) is 1. The smallest absolute Gasteiger partial charge is 0.255 e. The summed E-state index contributed by atoms with van der Waals surface area (Å²) in [6.45, 7) is 6.93. The lowest BCUT2D eigenvalue weighted by Gasteiger charge is -2.14. The molecular weight excluding hydrogens is 308 g/mol. The maximum atomic E-state index is 12.4. The molecule has 0 atom stereocenters. The van der Waals surface area contributed by atoms with Gasteiger partial charge in [0, 0.05) is 12.0 Å². The summed E-state index contributed by atoms with van der Waals surface area (Å²) in [5.41, 5.74) is 2.55. The molecule has 4 nitrogen and oxygen atoms in total. The van der Waals surface area contributed by atoms with Crippen molar-refractivity contribution in [3.05, 3.63) is 51.4 Å². The Hall–Kier alpha value is -1.75. The van der Waals surface area contributed by atoms with E-state index in [1.165, 1.54) is 11.8 Å². The van der Waals surface area contributed by atoms with E-state index in [9.17, 15) is 4.79 Å². The molecule has 0 aliphatic heterocycles. The molecule has 1 aromatic carbocycles. The van der Waals surface area contributed by atoms with Gasteiger partial charge in [-0.15, -0.1) is 0 Å². The first-order valence-corrected chi connectivity index (χ1v) is 9.14. The van der Waals surface area contributed by atoms with E-state index < -0.39 is 0 Å². The molecule has 0 unspecified atom stereocenters. The van der Waals surface area contributed by atoms with Crippen LogP contribution in [-0.2, 0) is 12.8 Å². The van der Waals surface area contributed by atoms with Crippen molar-refractivity contribution in [2.75, 3.05) is 12.9 Å². The van der Waals surface area contributed by atoms with Crippen LogP contribution in [0.4, 0.5) is 0 Å². The second kappa shape index (κ2) is 8.20. The highest BCUT2D eigenvalue weighted by Crippen LogP contribution is 2.22. The average molecular weight is 332 g/mol. The molecule has 0 fully saturated rings. The van der Waals surface area contributed by atoms with Crippen molar-refractivity contribution in [3.63, 3.8) is 0 Å². The van der Waals surface area contributed by atoms with Gasteiger partial charge in [-0.1, -0.05) is 50.7 Å². The first-order chi connectivity index (χ1) is 11.0. The molecule has 0 saturated heterocycles. The third-order valence-corrected chi connectivity index (χ3v) is 4.10. The van der Waals surface area contributed by atoms with Crippen LogP contribution in [0.1, 0.15) is 37.6 Å². The minimum atomic E-state index is -0.0557. The molecule has 1 N–H and O–H groups in total. The monoisotopic (exact) mass is 332 g/mol. The van der Waals surface area contributed by atoms with E-state index in [2.05, 4.69) is 23.8 Å². The van der Waals surface area contributed by atoms with Crippen molar-refractivity contribution in [2.24, 2.45) is 5.92 Å². The van der Waals surface area contributed by atoms with Gasteiger partial charge in [0.2, 0.25) is 0 Å². The van der Waals surface area contributed by atoms with Crippen LogP contribution in [0.15, 0.2) is 34.2 Å². The summed E-state index contributed by atoms with van der Waals surface area (Å²) in [6.07, 6.45) is 3.18. The Morgan fingerprint density at radius 2 is 2.04 bits per heavy atom. The van der Waals surface area contributed by atoms with E-state index in [0.29, 0.717) is 24.1 Å². The molecule has 0 saturated carbocycles. The summed E-state index contributed by atoms with van der Waals surface area (Å²) >= 11 is 1.45. The Morgan fingerprint density at radius 3 is 2.70 bits per heavy atom. The van der Waals surface area contributed by atoms with Gasteiger partial charge in [-0.3, -0.25) is 4.79 Å². The number of thioether (sulfide) groups is 1. The summed E-state index contributed by atoms with van der Waals surface area (Å²) in [7, 11) is 0. The van der Waals surface area contributed by atoms with Gasteiger partial charge in [0.1, 0.15) is 5.75 Å². The molecule has 5 heteroatoms. The third-order valence-electron chi connectivity index (χ3n) is 3.52. The number of rotatable bonds is 7. The van der Waals surface area contributed by atoms with Crippen molar-refractivity contribution in [1.29, 1.82) is 0 Å². The van der Waals surface area contributed by atoms with Gasteiger partial charge in [-0.05, 0) is 30.2 Å². The van der Waals surface area contributed by atoms with Gasteiger partial charge in [-0.2, -0.15) is 0 Å². The highest BCUT2D eigenvalue weighted by molar-refractivity contribution is 7.98. The van der Waals surface area contributed by atoms with Crippen LogP contribution >= 0.6 is 11.8 Å². The first kappa shape index (κ1) is 17.6. The molecule has 0 bridgehead atoms. The molecular formula is C18H24N2O2S. The fourth-order valence-electron chi connectivity index (χ4n) is 2.33. The highest BCUT2D eigenvalue weighted by Gasteiger charge is 2.13. The number of aryl methyl sites for hydroxylation is 1. The second-order valence-corrected chi connectivity index (χ2v) is 6.64. The molecule has 0 radical (unpaired) electrons. The van der Waals surface area contributed by atoms with Gasteiger partial charge < -0.3 is 9.72 Å². The molecule has 0 aliphatic carbocycles. The zero-order chi connectivity index (χ0) is 16.8. The van der Waals surface area contributed by atoms with E-state index in [-0.39, 0.29) is 5.56 Å². The average Bonchev–Trinajstić information content (AvgIpc) is 2.55. The fourth-order valence-corrected chi connectivity index (χ4v) is 2.73. The third kappa shape index (κ3) is 4.61. The predicted octanol–water partition coefficient (Wildman–Crippen LogP) is 3.68. The Bertz CT molecular complexity index is 710. The molecule has 23 heavy (non-hydrogen) atoms. The van der Waals surface area contributed by atoms with Gasteiger partial charge >= 0.3 is 0 Å². The Morgan fingerprint density at radius 1 is 1.30 bits per heavy atom. The molecule has 2 aromatic rings. The van der Waals surface area contributed by atoms with Crippen molar-refractivity contribution in [3.8, 4) is 5.75 Å². The maximum Gasteiger partial charge on any atom is 0.255 e. The zero-order valence-electron chi connectivity index (χ0n) is 14.2. The van der Waals surface area contributed by atoms with Crippen LogP contribution < -0.4 is 10.3 Å². The normalized spacial score (nSPS) is 11.0. The van der Waals surface area contributed by atoms with Crippen LogP contribution in [0.25, 0.3) is 0 Å². The SMILES string of the molecule is CCc1nc(SC)[nH]c(=O)c1Cc1ccccc1OCC(C)C. The van der Waals surface area contributed by atoms with Crippen molar-refractivity contribution < 1.29 is 4.74 Å². The number of nitrogens with zero attached hydrogens (tertiary/aromatic N) is 1. The number of ether oxygens (including phenoxy) is 1. The largest absolute Gasteiger partial charge is 0.493 e. The minimum absolute atomic E-state index is 0.0557. The number of hydrogen-bond acceptors (Lipinski definition) is 4. The lowest BCUT2D eigenvalue weighted by molar-refractivity contribution is 0.269. The second-order valence-electron chi connectivity index (χ2n) is 5.84. The molecule has 0 amide bonds. The molecule has 124 valence electrons. The van der Waals surface area contributed by atoms with Crippen LogP contribution in [-0.4, -0.2) is 22.8 Å². The van der Waals surface area contributed by atoms with Crippen molar-refractivity contribution in [2.45, 2.75) is 38.8 Å². The molecule has 2 rings (SSSR count). The minimum Gasteiger partial charge on any atom is -0.493 e. The summed E-state index contributed by atoms with van der Waals surface area (Å²) in [4.78, 5) is 19.8. The standard InChI is InChI=1S/C18H24N2O2S/c1-5-15-14(17(21)20-18(19-15)23-4)10-13-8-6-7-9-16(13)22-11-12(2)3/h6-9,12H,5,10-11H2,1-4H3,(H,19,20,21). The Kier molecular flexibility index (Phi) is 6.28. The number of aromatic nitrogens is 2. The summed E-state index contributed by atoms with van der Waals surface area (Å²) in [5, 5.41) is 0.667. The summed E-state index contributed by atoms with van der Waals surface area (Å²) < 4.78 is 5.89. The van der Waals surface area contributed by atoms with E-state index in [0.717, 1.165) is 29.0 Å². The van der Waals surface area contributed by atoms with E-state index in [1.807, 2.05) is 37.4 Å². The first-order valence-electron chi connectivity index (χ1n) is 7.91. The van der Waals surface area contributed by atoms with Gasteiger partial charge in [0.25, 0.3) is 5.56 Å². The van der Waals surface area contributed by atoms with Gasteiger partial charge in [0.05, 0.1) is 12.3 Å². The summed E-state index contributed by atoms with van der Waals surface area (Å²) in [5.74, 6) is 1.30. The Balaban J connectivity index is 2.34. The van der Waals surface area contributed by atoms with Crippen LogP contribution in [0, 0.1) is 5.92 Å². The van der Waals surface area contributed by atoms with E-state index >= 15 is 0 Å². The van der Waals surface area contributed by atoms with Gasteiger partial charge in [-0.25, -0.2) is 4.98 Å². The zero-order valence-corrected chi connectivity index (χ0v) is 15.0. The van der Waals surface area contributed by atoms with E-state index in [4.69, 9.17) is 4.74 Å². The van der Waals surface area contributed by atoms with Crippen molar-refractivity contribution in [1.82, 2.24) is 9.97 Å². The van der Waals surface area contributed by atoms with Crippen LogP contribution in [0.3, 0.4) is 0 Å². The quantitative estimate of drug-likeness (QED) is 0.621. The lowest BCUT2D eigenvalue weighted by Crippen LogP contribution is -2.19. The fraction of sp³-hybridized carbons (Fsp3) is 0.444. The number of hydrogen-bond donors (Lipinski definition) is 1. The topological polar surface area (TPSA) is 55.0 Å². The predicted molar refractivity (Wildman–Crippen MR) is 95.6 cm³/mol. The number of benzene rings is 1. The number of para-hydroxylation sites is 1. The van der Waals surface area contributed by atoms with E-state index in [1.54, 1.807) is 0 Å². The molecule has 1 heterocycles. The maximum absolute atomic E-state index is 12.4. The molecule has 0 spiro atoms. The Labute approximate surface area is 141 Å². The molecule has 0 aliphatic rings. The van der Waals surface area contributed by atoms with Crippen molar-refractivity contribution >= 4 is 11.8 Å². The van der Waals surface area contributed by atoms with Gasteiger partial charge in [0.15, 0.2) is 5.16 Å². The van der Waals surface area contributed by atoms with Crippen LogP contribution in [0.2, 0.25) is 0 Å². The molecule has 1 aromatic heterocycles. The summed E-state index contributed by atoms with van der Waals surface area (Å²) in [6, 6.07) is 7.90. The highest BCUT2D eigenvalue weighted by atomic mass is 32.2. The van der Waals surface area contributed by atoms with Crippen LogP contribution in [0.5, 0.6) is 5.75 Å².